The fourth-order valence-electron chi connectivity index (χ4n) is 2.28. The highest BCUT2D eigenvalue weighted by molar-refractivity contribution is 6.35. The lowest BCUT2D eigenvalue weighted by atomic mass is 10.2. The van der Waals surface area contributed by atoms with Crippen molar-refractivity contribution in [2.24, 2.45) is 5.10 Å². The van der Waals surface area contributed by atoms with Gasteiger partial charge >= 0.3 is 11.8 Å². The number of hydrazone groups is 1. The van der Waals surface area contributed by atoms with Crippen LogP contribution >= 0.6 is 11.6 Å². The van der Waals surface area contributed by atoms with Crippen LogP contribution in [0.25, 0.3) is 0 Å². The molecule has 9 heteroatoms. The van der Waals surface area contributed by atoms with Crippen LogP contribution in [0.4, 0.5) is 5.69 Å². The van der Waals surface area contributed by atoms with Crippen LogP contribution in [-0.2, 0) is 14.4 Å². The number of unbranched alkanes of at least 4 members (excludes halogenated alkanes) is 1. The number of para-hydroxylation sites is 2. The molecule has 0 bridgehead atoms. The zero-order valence-corrected chi connectivity index (χ0v) is 17.2. The number of hydrogen-bond donors (Lipinski definition) is 3. The van der Waals surface area contributed by atoms with E-state index in [9.17, 15) is 14.4 Å². The maximum absolute atomic E-state index is 12.1. The summed E-state index contributed by atoms with van der Waals surface area (Å²) >= 11 is 6.02. The van der Waals surface area contributed by atoms with Gasteiger partial charge in [-0.1, -0.05) is 49.2 Å². The molecule has 8 nitrogen and oxygen atoms in total. The SMILES string of the molecule is CCCCNC(=O)C(=O)N/N=C\c1ccccc1OCC(=O)Nc1ccccc1Cl. The Morgan fingerprint density at radius 2 is 1.80 bits per heavy atom. The van der Waals surface area contributed by atoms with Crippen molar-refractivity contribution in [2.75, 3.05) is 18.5 Å². The van der Waals surface area contributed by atoms with Gasteiger partial charge in [0.2, 0.25) is 0 Å². The Balaban J connectivity index is 1.88. The third-order valence-corrected chi connectivity index (χ3v) is 4.15. The molecule has 0 spiro atoms. The van der Waals surface area contributed by atoms with Crippen LogP contribution in [0.2, 0.25) is 5.02 Å². The number of nitrogens with zero attached hydrogens (tertiary/aromatic N) is 1. The van der Waals surface area contributed by atoms with E-state index >= 15 is 0 Å². The van der Waals surface area contributed by atoms with Crippen molar-refractivity contribution in [3.05, 3.63) is 59.1 Å². The molecule has 158 valence electrons. The summed E-state index contributed by atoms with van der Waals surface area (Å²) in [7, 11) is 0. The molecule has 0 fully saturated rings. The van der Waals surface area contributed by atoms with Gasteiger partial charge in [-0.2, -0.15) is 5.10 Å². The molecule has 0 aliphatic heterocycles. The molecular weight excluding hydrogens is 408 g/mol. The summed E-state index contributed by atoms with van der Waals surface area (Å²) in [5, 5.41) is 9.36. The van der Waals surface area contributed by atoms with Crippen LogP contribution in [0.15, 0.2) is 53.6 Å². The number of nitrogens with one attached hydrogen (secondary N) is 3. The van der Waals surface area contributed by atoms with E-state index in [1.165, 1.54) is 6.21 Å². The Morgan fingerprint density at radius 1 is 1.07 bits per heavy atom. The van der Waals surface area contributed by atoms with Gasteiger partial charge < -0.3 is 15.4 Å². The van der Waals surface area contributed by atoms with Crippen molar-refractivity contribution in [3.8, 4) is 5.75 Å². The topological polar surface area (TPSA) is 109 Å². The Kier molecular flexibility index (Phi) is 9.33. The Bertz CT molecular complexity index is 917. The van der Waals surface area contributed by atoms with E-state index < -0.39 is 11.8 Å². The quantitative estimate of drug-likeness (QED) is 0.246. The van der Waals surface area contributed by atoms with E-state index in [1.807, 2.05) is 6.92 Å². The lowest BCUT2D eigenvalue weighted by molar-refractivity contribution is -0.139. The molecule has 2 rings (SSSR count). The van der Waals surface area contributed by atoms with E-state index in [0.29, 0.717) is 28.6 Å². The van der Waals surface area contributed by atoms with Crippen molar-refractivity contribution in [2.45, 2.75) is 19.8 Å². The first kappa shape index (κ1) is 22.9. The highest BCUT2D eigenvalue weighted by Crippen LogP contribution is 2.20. The molecule has 0 aliphatic rings. The second kappa shape index (κ2) is 12.2. The minimum atomic E-state index is -0.861. The Morgan fingerprint density at radius 3 is 2.57 bits per heavy atom. The van der Waals surface area contributed by atoms with Gasteiger partial charge in [-0.25, -0.2) is 5.43 Å². The zero-order chi connectivity index (χ0) is 21.8. The van der Waals surface area contributed by atoms with Gasteiger partial charge in [0, 0.05) is 12.1 Å². The van der Waals surface area contributed by atoms with Crippen LogP contribution in [0.5, 0.6) is 5.75 Å². The normalized spacial score (nSPS) is 10.5. The highest BCUT2D eigenvalue weighted by atomic mass is 35.5. The van der Waals surface area contributed by atoms with E-state index in [-0.39, 0.29) is 12.5 Å². The molecule has 0 heterocycles. The number of carbonyl (C=O) groups is 3. The van der Waals surface area contributed by atoms with Gasteiger partial charge in [0.15, 0.2) is 6.61 Å². The standard InChI is InChI=1S/C21H23ClN4O4/c1-2-3-12-23-20(28)21(29)26-24-13-15-8-4-7-11-18(15)30-14-19(27)25-17-10-6-5-9-16(17)22/h4-11,13H,2-3,12,14H2,1H3,(H,23,28)(H,25,27)(H,26,29)/b24-13-. The van der Waals surface area contributed by atoms with Crippen molar-refractivity contribution < 1.29 is 19.1 Å². The molecule has 2 aromatic rings. The molecule has 0 unspecified atom stereocenters. The fourth-order valence-corrected chi connectivity index (χ4v) is 2.46. The number of carbonyl (C=O) groups excluding carboxylic acids is 3. The number of hydrogen-bond acceptors (Lipinski definition) is 5. The van der Waals surface area contributed by atoms with E-state index in [4.69, 9.17) is 16.3 Å². The Labute approximate surface area is 179 Å². The molecular formula is C21H23ClN4O4. The number of halogens is 1. The van der Waals surface area contributed by atoms with Gasteiger partial charge in [-0.3, -0.25) is 14.4 Å². The van der Waals surface area contributed by atoms with Crippen molar-refractivity contribution in [1.82, 2.24) is 10.7 Å². The average Bonchev–Trinajstić information content (AvgIpc) is 2.74. The summed E-state index contributed by atoms with van der Waals surface area (Å²) in [5.74, 6) is -1.61. The molecule has 0 aliphatic carbocycles. The Hall–Kier alpha value is -3.39. The van der Waals surface area contributed by atoms with E-state index in [2.05, 4.69) is 21.2 Å². The van der Waals surface area contributed by atoms with Gasteiger partial charge in [0.25, 0.3) is 5.91 Å². The first-order valence-electron chi connectivity index (χ1n) is 9.38. The first-order chi connectivity index (χ1) is 14.5. The summed E-state index contributed by atoms with van der Waals surface area (Å²) in [4.78, 5) is 35.4. The van der Waals surface area contributed by atoms with Crippen molar-refractivity contribution in [3.63, 3.8) is 0 Å². The molecule has 0 radical (unpaired) electrons. The number of amides is 3. The van der Waals surface area contributed by atoms with Gasteiger partial charge in [-0.05, 0) is 30.7 Å². The molecule has 30 heavy (non-hydrogen) atoms. The summed E-state index contributed by atoms with van der Waals surface area (Å²) in [6, 6.07) is 13.7. The third kappa shape index (κ3) is 7.56. The lowest BCUT2D eigenvalue weighted by Gasteiger charge is -2.10. The van der Waals surface area contributed by atoms with Crippen LogP contribution in [0.1, 0.15) is 25.3 Å². The zero-order valence-electron chi connectivity index (χ0n) is 16.5. The van der Waals surface area contributed by atoms with Gasteiger partial charge in [0.05, 0.1) is 16.9 Å². The van der Waals surface area contributed by atoms with Crippen LogP contribution in [0.3, 0.4) is 0 Å². The fraction of sp³-hybridized carbons (Fsp3) is 0.238. The second-order valence-corrected chi connectivity index (χ2v) is 6.57. The van der Waals surface area contributed by atoms with Crippen LogP contribution in [-0.4, -0.2) is 37.1 Å². The molecule has 0 atom stereocenters. The number of rotatable bonds is 9. The third-order valence-electron chi connectivity index (χ3n) is 3.82. The summed E-state index contributed by atoms with van der Waals surface area (Å²) < 4.78 is 5.54. The predicted molar refractivity (Wildman–Crippen MR) is 116 cm³/mol. The van der Waals surface area contributed by atoms with Crippen molar-refractivity contribution in [1.29, 1.82) is 0 Å². The molecule has 3 N–H and O–H groups in total. The molecule has 0 aromatic heterocycles. The minimum absolute atomic E-state index is 0.248. The molecule has 0 saturated carbocycles. The maximum atomic E-state index is 12.1. The smallest absolute Gasteiger partial charge is 0.329 e. The van der Waals surface area contributed by atoms with Gasteiger partial charge in [-0.15, -0.1) is 0 Å². The lowest BCUT2D eigenvalue weighted by Crippen LogP contribution is -2.38. The molecule has 3 amide bonds. The van der Waals surface area contributed by atoms with E-state index in [0.717, 1.165) is 12.8 Å². The van der Waals surface area contributed by atoms with Gasteiger partial charge in [0.1, 0.15) is 5.75 Å². The summed E-state index contributed by atoms with van der Waals surface area (Å²) in [6.07, 6.45) is 3.03. The average molecular weight is 431 g/mol. The summed E-state index contributed by atoms with van der Waals surface area (Å²) in [6.45, 7) is 2.16. The van der Waals surface area contributed by atoms with Crippen molar-refractivity contribution >= 4 is 41.2 Å². The van der Waals surface area contributed by atoms with Crippen LogP contribution in [0, 0.1) is 0 Å². The van der Waals surface area contributed by atoms with Crippen LogP contribution < -0.4 is 20.8 Å². The first-order valence-corrected chi connectivity index (χ1v) is 9.76. The highest BCUT2D eigenvalue weighted by Gasteiger charge is 2.11. The summed E-state index contributed by atoms with van der Waals surface area (Å²) in [5.41, 5.74) is 3.17. The second-order valence-electron chi connectivity index (χ2n) is 6.16. The number of anilines is 1. The number of benzene rings is 2. The minimum Gasteiger partial charge on any atom is -0.483 e. The molecule has 0 saturated heterocycles. The maximum Gasteiger partial charge on any atom is 0.329 e. The number of ether oxygens (including phenoxy) is 1. The van der Waals surface area contributed by atoms with E-state index in [1.54, 1.807) is 48.5 Å². The molecule has 2 aromatic carbocycles. The predicted octanol–water partition coefficient (Wildman–Crippen LogP) is 2.72. The monoisotopic (exact) mass is 430 g/mol. The largest absolute Gasteiger partial charge is 0.483 e.